The lowest BCUT2D eigenvalue weighted by Gasteiger charge is -2.31. The van der Waals surface area contributed by atoms with Crippen LogP contribution in [0.15, 0.2) is 48.5 Å². The van der Waals surface area contributed by atoms with Gasteiger partial charge in [-0.1, -0.05) is 43.3 Å². The highest BCUT2D eigenvalue weighted by molar-refractivity contribution is 5.88. The molecule has 0 unspecified atom stereocenters. The van der Waals surface area contributed by atoms with Crippen LogP contribution in [0.2, 0.25) is 0 Å². The fourth-order valence-electron chi connectivity index (χ4n) is 3.20. The van der Waals surface area contributed by atoms with Crippen molar-refractivity contribution in [2.75, 3.05) is 13.7 Å². The number of aryl methyl sites for hydroxylation is 1. The second-order valence-electron chi connectivity index (χ2n) is 6.79. The van der Waals surface area contributed by atoms with E-state index in [0.717, 1.165) is 22.4 Å². The molecule has 0 bridgehead atoms. The molecule has 1 N–H and O–H groups in total. The summed E-state index contributed by atoms with van der Waals surface area (Å²) in [7, 11) is 1.61. The molecule has 28 heavy (non-hydrogen) atoms. The number of ether oxygens (including phenoxy) is 1. The van der Waals surface area contributed by atoms with E-state index in [-0.39, 0.29) is 18.2 Å². The van der Waals surface area contributed by atoms with Crippen molar-refractivity contribution in [1.82, 2.24) is 10.2 Å². The van der Waals surface area contributed by atoms with Gasteiger partial charge in [0.1, 0.15) is 11.8 Å². The Bertz CT molecular complexity index is 787. The van der Waals surface area contributed by atoms with Gasteiger partial charge in [0.05, 0.1) is 13.5 Å². The highest BCUT2D eigenvalue weighted by Crippen LogP contribution is 2.18. The topological polar surface area (TPSA) is 58.6 Å². The summed E-state index contributed by atoms with van der Waals surface area (Å²) in [6, 6.07) is 14.9. The van der Waals surface area contributed by atoms with Crippen molar-refractivity contribution in [2.45, 2.75) is 46.2 Å². The maximum atomic E-state index is 13.2. The molecular formula is C23H30N2O3. The summed E-state index contributed by atoms with van der Waals surface area (Å²) < 4.78 is 5.18. The van der Waals surface area contributed by atoms with E-state index >= 15 is 0 Å². The first-order valence-electron chi connectivity index (χ1n) is 9.74. The van der Waals surface area contributed by atoms with Gasteiger partial charge in [0.25, 0.3) is 0 Å². The molecule has 0 aliphatic rings. The average Bonchev–Trinajstić information content (AvgIpc) is 2.70. The van der Waals surface area contributed by atoms with Crippen LogP contribution in [0, 0.1) is 6.92 Å². The second-order valence-corrected chi connectivity index (χ2v) is 6.79. The van der Waals surface area contributed by atoms with Gasteiger partial charge in [-0.15, -0.1) is 0 Å². The number of nitrogens with zero attached hydrogens (tertiary/aromatic N) is 1. The summed E-state index contributed by atoms with van der Waals surface area (Å²) in [5, 5.41) is 2.86. The summed E-state index contributed by atoms with van der Waals surface area (Å²) in [6.45, 7) is 6.80. The van der Waals surface area contributed by atoms with Gasteiger partial charge >= 0.3 is 0 Å². The van der Waals surface area contributed by atoms with Gasteiger partial charge in [0, 0.05) is 13.1 Å². The minimum absolute atomic E-state index is 0.0634. The molecule has 0 heterocycles. The Morgan fingerprint density at radius 3 is 2.32 bits per heavy atom. The van der Waals surface area contributed by atoms with E-state index in [1.807, 2.05) is 69.3 Å². The van der Waals surface area contributed by atoms with Gasteiger partial charge in [-0.05, 0) is 49.1 Å². The molecule has 150 valence electrons. The van der Waals surface area contributed by atoms with Gasteiger partial charge in [-0.3, -0.25) is 9.59 Å². The molecule has 1 atom stereocenters. The number of hydrogen-bond acceptors (Lipinski definition) is 3. The first-order valence-corrected chi connectivity index (χ1v) is 9.74. The smallest absolute Gasteiger partial charge is 0.242 e. The van der Waals surface area contributed by atoms with Crippen molar-refractivity contribution in [3.8, 4) is 5.75 Å². The summed E-state index contributed by atoms with van der Waals surface area (Å²) >= 11 is 0. The van der Waals surface area contributed by atoms with Crippen LogP contribution in [0.4, 0.5) is 0 Å². The number of methoxy groups -OCH3 is 1. The molecule has 2 amide bonds. The Morgan fingerprint density at radius 2 is 1.75 bits per heavy atom. The molecule has 0 aliphatic carbocycles. The molecule has 0 radical (unpaired) electrons. The molecule has 0 spiro atoms. The van der Waals surface area contributed by atoms with Crippen LogP contribution in [0.3, 0.4) is 0 Å². The molecule has 0 fully saturated rings. The monoisotopic (exact) mass is 382 g/mol. The minimum atomic E-state index is -0.495. The Labute approximate surface area is 167 Å². The van der Waals surface area contributed by atoms with Crippen LogP contribution in [0.25, 0.3) is 0 Å². The van der Waals surface area contributed by atoms with E-state index in [2.05, 4.69) is 5.32 Å². The molecule has 5 nitrogen and oxygen atoms in total. The van der Waals surface area contributed by atoms with E-state index in [1.165, 1.54) is 0 Å². The summed E-state index contributed by atoms with van der Waals surface area (Å²) in [5.41, 5.74) is 3.05. The molecule has 2 aromatic carbocycles. The van der Waals surface area contributed by atoms with Crippen LogP contribution in [0.1, 0.15) is 37.0 Å². The fourth-order valence-corrected chi connectivity index (χ4v) is 3.20. The Hall–Kier alpha value is -2.82. The normalized spacial score (nSPS) is 11.6. The minimum Gasteiger partial charge on any atom is -0.497 e. The van der Waals surface area contributed by atoms with Gasteiger partial charge < -0.3 is 15.0 Å². The first kappa shape index (κ1) is 21.5. The number of benzene rings is 2. The van der Waals surface area contributed by atoms with Crippen LogP contribution < -0.4 is 10.1 Å². The predicted octanol–water partition coefficient (Wildman–Crippen LogP) is 3.49. The van der Waals surface area contributed by atoms with E-state index in [4.69, 9.17) is 4.74 Å². The molecule has 2 rings (SSSR count). The van der Waals surface area contributed by atoms with E-state index < -0.39 is 6.04 Å². The molecule has 5 heteroatoms. The molecular weight excluding hydrogens is 352 g/mol. The lowest BCUT2D eigenvalue weighted by molar-refractivity contribution is -0.140. The van der Waals surface area contributed by atoms with Crippen molar-refractivity contribution < 1.29 is 14.3 Å². The van der Waals surface area contributed by atoms with Gasteiger partial charge in [-0.2, -0.15) is 0 Å². The predicted molar refractivity (Wildman–Crippen MR) is 111 cm³/mol. The summed E-state index contributed by atoms with van der Waals surface area (Å²) in [6.07, 6.45) is 0.803. The van der Waals surface area contributed by atoms with Gasteiger partial charge in [0.2, 0.25) is 11.8 Å². The Balaban J connectivity index is 2.28. The standard InChI is InChI=1S/C23H30N2O3/c1-5-21(23(27)24-6-2)25(16-19-10-8-7-9-17(19)3)22(26)15-18-11-13-20(28-4)14-12-18/h7-14,21H,5-6,15-16H2,1-4H3,(H,24,27)/t21-/m0/s1. The van der Waals surface area contributed by atoms with E-state index in [1.54, 1.807) is 12.0 Å². The fraction of sp³-hybridized carbons (Fsp3) is 0.391. The third-order valence-electron chi connectivity index (χ3n) is 4.85. The average molecular weight is 383 g/mol. The van der Waals surface area contributed by atoms with Gasteiger partial charge in [0.15, 0.2) is 0 Å². The molecule has 0 aromatic heterocycles. The number of rotatable bonds is 9. The summed E-state index contributed by atoms with van der Waals surface area (Å²) in [4.78, 5) is 27.5. The first-order chi connectivity index (χ1) is 13.5. The van der Waals surface area contributed by atoms with Crippen molar-refractivity contribution in [1.29, 1.82) is 0 Å². The zero-order valence-electron chi connectivity index (χ0n) is 17.2. The van der Waals surface area contributed by atoms with Crippen LogP contribution in [-0.2, 0) is 22.6 Å². The molecule has 0 aliphatic heterocycles. The lowest BCUT2D eigenvalue weighted by Crippen LogP contribution is -2.49. The third-order valence-corrected chi connectivity index (χ3v) is 4.85. The molecule has 0 saturated carbocycles. The number of amides is 2. The van der Waals surface area contributed by atoms with Crippen molar-refractivity contribution in [3.63, 3.8) is 0 Å². The van der Waals surface area contributed by atoms with E-state index in [9.17, 15) is 9.59 Å². The Morgan fingerprint density at radius 1 is 1.07 bits per heavy atom. The highest BCUT2D eigenvalue weighted by atomic mass is 16.5. The maximum absolute atomic E-state index is 13.2. The van der Waals surface area contributed by atoms with Gasteiger partial charge in [-0.25, -0.2) is 0 Å². The largest absolute Gasteiger partial charge is 0.497 e. The number of hydrogen-bond donors (Lipinski definition) is 1. The van der Waals surface area contributed by atoms with E-state index in [0.29, 0.717) is 19.5 Å². The maximum Gasteiger partial charge on any atom is 0.242 e. The number of nitrogens with one attached hydrogen (secondary N) is 1. The second kappa shape index (κ2) is 10.5. The zero-order chi connectivity index (χ0) is 20.5. The van der Waals surface area contributed by atoms with Crippen LogP contribution in [0.5, 0.6) is 5.75 Å². The number of carbonyl (C=O) groups is 2. The lowest BCUT2D eigenvalue weighted by atomic mass is 10.0. The van der Waals surface area contributed by atoms with Crippen LogP contribution in [-0.4, -0.2) is 36.4 Å². The number of likely N-dealkylation sites (N-methyl/N-ethyl adjacent to an activating group) is 1. The van der Waals surface area contributed by atoms with Crippen molar-refractivity contribution >= 4 is 11.8 Å². The SMILES string of the molecule is CCNC(=O)[C@H](CC)N(Cc1ccccc1C)C(=O)Cc1ccc(OC)cc1. The van der Waals surface area contributed by atoms with Crippen molar-refractivity contribution in [2.24, 2.45) is 0 Å². The van der Waals surface area contributed by atoms with Crippen LogP contribution >= 0.6 is 0 Å². The summed E-state index contributed by atoms with van der Waals surface area (Å²) in [5.74, 6) is 0.579. The van der Waals surface area contributed by atoms with Crippen molar-refractivity contribution in [3.05, 3.63) is 65.2 Å². The zero-order valence-corrected chi connectivity index (χ0v) is 17.2. The quantitative estimate of drug-likeness (QED) is 0.722. The Kier molecular flexibility index (Phi) is 8.05. The molecule has 2 aromatic rings. The highest BCUT2D eigenvalue weighted by Gasteiger charge is 2.28. The molecule has 0 saturated heterocycles. The third kappa shape index (κ3) is 5.59. The number of carbonyl (C=O) groups excluding carboxylic acids is 2.